The van der Waals surface area contributed by atoms with E-state index in [1.807, 2.05) is 24.3 Å². The van der Waals surface area contributed by atoms with Crippen molar-refractivity contribution in [2.45, 2.75) is 31.5 Å². The minimum Gasteiger partial charge on any atom is -0.497 e. The molecule has 31 heavy (non-hydrogen) atoms. The van der Waals surface area contributed by atoms with Gasteiger partial charge in [-0.3, -0.25) is 0 Å². The highest BCUT2D eigenvalue weighted by molar-refractivity contribution is 6.30. The summed E-state index contributed by atoms with van der Waals surface area (Å²) in [6.07, 6.45) is 1.83. The van der Waals surface area contributed by atoms with Crippen molar-refractivity contribution in [2.24, 2.45) is 0 Å². The molecule has 2 unspecified atom stereocenters. The van der Waals surface area contributed by atoms with E-state index in [-0.39, 0.29) is 12.1 Å². The Hall–Kier alpha value is -2.63. The highest BCUT2D eigenvalue weighted by Gasteiger charge is 2.29. The van der Waals surface area contributed by atoms with Crippen LogP contribution in [0.5, 0.6) is 5.75 Å². The molecule has 2 atom stereocenters. The second-order valence-electron chi connectivity index (χ2n) is 7.81. The number of nitrogens with zero attached hydrogens (tertiary/aromatic N) is 1. The molecule has 1 N–H and O–H groups in total. The van der Waals surface area contributed by atoms with Gasteiger partial charge in [0, 0.05) is 29.8 Å². The Balaban J connectivity index is 1.51. The maximum Gasteiger partial charge on any atom is 0.159 e. The third kappa shape index (κ3) is 5.17. The lowest BCUT2D eigenvalue weighted by Crippen LogP contribution is -2.44. The first-order valence-electron chi connectivity index (χ1n) is 10.4. The largest absolute Gasteiger partial charge is 0.497 e. The van der Waals surface area contributed by atoms with Gasteiger partial charge >= 0.3 is 0 Å². The number of halogens is 3. The summed E-state index contributed by atoms with van der Waals surface area (Å²) in [6, 6.07) is 20.6. The summed E-state index contributed by atoms with van der Waals surface area (Å²) < 4.78 is 32.0. The number of piperidine rings is 1. The average Bonchev–Trinajstić information content (AvgIpc) is 2.80. The van der Waals surface area contributed by atoms with Gasteiger partial charge in [0.2, 0.25) is 0 Å². The standard InChI is InChI=1S/C25H25ClF2N2O/c1-31-22-9-7-21(8-10-22)30-13-12-20(15-25(30)18-3-5-19(26)6-4-18)29-16-17-2-11-23(27)24(28)14-17/h2-11,14,20,25,29H,12-13,15-16H2,1H3. The van der Waals surface area contributed by atoms with Crippen LogP contribution in [0, 0.1) is 11.6 Å². The van der Waals surface area contributed by atoms with Crippen LogP contribution in [0.3, 0.4) is 0 Å². The van der Waals surface area contributed by atoms with Crippen molar-refractivity contribution in [3.8, 4) is 5.75 Å². The minimum absolute atomic E-state index is 0.168. The summed E-state index contributed by atoms with van der Waals surface area (Å²) in [5, 5.41) is 4.24. The van der Waals surface area contributed by atoms with Crippen LogP contribution in [-0.4, -0.2) is 19.7 Å². The van der Waals surface area contributed by atoms with E-state index in [9.17, 15) is 8.78 Å². The molecule has 3 aromatic rings. The zero-order valence-corrected chi connectivity index (χ0v) is 18.1. The van der Waals surface area contributed by atoms with Crippen LogP contribution in [0.4, 0.5) is 14.5 Å². The summed E-state index contributed by atoms with van der Waals surface area (Å²) in [5.41, 5.74) is 3.07. The Kier molecular flexibility index (Phi) is 6.73. The fourth-order valence-corrected chi connectivity index (χ4v) is 4.27. The number of nitrogens with one attached hydrogen (secondary N) is 1. The first-order chi connectivity index (χ1) is 15.0. The maximum atomic E-state index is 13.5. The van der Waals surface area contributed by atoms with Crippen LogP contribution in [0.2, 0.25) is 5.02 Å². The van der Waals surface area contributed by atoms with Gasteiger partial charge in [-0.1, -0.05) is 29.8 Å². The maximum absolute atomic E-state index is 13.5. The van der Waals surface area contributed by atoms with Gasteiger partial charge in [0.15, 0.2) is 11.6 Å². The molecule has 0 saturated carbocycles. The van der Waals surface area contributed by atoms with E-state index in [1.165, 1.54) is 17.7 Å². The second kappa shape index (κ2) is 9.67. The fourth-order valence-electron chi connectivity index (χ4n) is 4.15. The summed E-state index contributed by atoms with van der Waals surface area (Å²) in [4.78, 5) is 2.40. The molecule has 4 rings (SSSR count). The molecule has 3 nitrogen and oxygen atoms in total. The van der Waals surface area contributed by atoms with E-state index >= 15 is 0 Å². The molecule has 0 aliphatic carbocycles. The van der Waals surface area contributed by atoms with E-state index in [2.05, 4.69) is 34.5 Å². The van der Waals surface area contributed by atoms with Crippen LogP contribution in [0.1, 0.15) is 30.0 Å². The number of ether oxygens (including phenoxy) is 1. The Labute approximate surface area is 186 Å². The summed E-state index contributed by atoms with van der Waals surface area (Å²) in [7, 11) is 1.66. The quantitative estimate of drug-likeness (QED) is 0.497. The van der Waals surface area contributed by atoms with Crippen LogP contribution in [0.15, 0.2) is 66.7 Å². The third-order valence-corrected chi connectivity index (χ3v) is 6.09. The summed E-state index contributed by atoms with van der Waals surface area (Å²) in [6.45, 7) is 1.37. The molecule has 1 heterocycles. The van der Waals surface area contributed by atoms with Crippen molar-refractivity contribution in [3.05, 3.63) is 94.5 Å². The van der Waals surface area contributed by atoms with E-state index in [0.717, 1.165) is 36.4 Å². The van der Waals surface area contributed by atoms with Crippen molar-refractivity contribution >= 4 is 17.3 Å². The predicted molar refractivity (Wildman–Crippen MR) is 121 cm³/mol. The molecule has 1 aliphatic heterocycles. The first kappa shape index (κ1) is 21.6. The van der Waals surface area contributed by atoms with Gasteiger partial charge < -0.3 is 15.0 Å². The summed E-state index contributed by atoms with van der Waals surface area (Å²) in [5.74, 6) is -0.804. The Bertz CT molecular complexity index is 1010. The Morgan fingerprint density at radius 1 is 1.00 bits per heavy atom. The van der Waals surface area contributed by atoms with Gasteiger partial charge in [-0.25, -0.2) is 8.78 Å². The molecule has 6 heteroatoms. The molecule has 0 aromatic heterocycles. The summed E-state index contributed by atoms with van der Waals surface area (Å²) >= 11 is 6.11. The molecule has 1 saturated heterocycles. The molecular weight excluding hydrogens is 418 g/mol. The lowest BCUT2D eigenvalue weighted by Gasteiger charge is -2.42. The molecule has 0 amide bonds. The molecule has 0 radical (unpaired) electrons. The Morgan fingerprint density at radius 2 is 1.74 bits per heavy atom. The lowest BCUT2D eigenvalue weighted by atomic mass is 9.91. The fraction of sp³-hybridized carbons (Fsp3) is 0.280. The molecule has 1 aliphatic rings. The number of hydrogen-bond donors (Lipinski definition) is 1. The van der Waals surface area contributed by atoms with Crippen molar-refractivity contribution < 1.29 is 13.5 Å². The normalized spacial score (nSPS) is 18.8. The SMILES string of the molecule is COc1ccc(N2CCC(NCc3ccc(F)c(F)c3)CC2c2ccc(Cl)cc2)cc1. The van der Waals surface area contributed by atoms with Crippen LogP contribution >= 0.6 is 11.6 Å². The molecular formula is C25H25ClF2N2O. The topological polar surface area (TPSA) is 24.5 Å². The number of anilines is 1. The smallest absolute Gasteiger partial charge is 0.159 e. The number of hydrogen-bond acceptors (Lipinski definition) is 3. The van der Waals surface area contributed by atoms with Gasteiger partial charge in [0.1, 0.15) is 5.75 Å². The van der Waals surface area contributed by atoms with Crippen molar-refractivity contribution in [2.75, 3.05) is 18.6 Å². The van der Waals surface area contributed by atoms with Gasteiger partial charge in [0.05, 0.1) is 13.2 Å². The molecule has 162 valence electrons. The van der Waals surface area contributed by atoms with Crippen LogP contribution in [0.25, 0.3) is 0 Å². The molecule has 3 aromatic carbocycles. The predicted octanol–water partition coefficient (Wildman–Crippen LogP) is 6.13. The highest BCUT2D eigenvalue weighted by Crippen LogP contribution is 2.36. The van der Waals surface area contributed by atoms with Gasteiger partial charge in [-0.15, -0.1) is 0 Å². The zero-order chi connectivity index (χ0) is 21.8. The van der Waals surface area contributed by atoms with E-state index < -0.39 is 11.6 Å². The van der Waals surface area contributed by atoms with Crippen molar-refractivity contribution in [1.29, 1.82) is 0 Å². The zero-order valence-electron chi connectivity index (χ0n) is 17.3. The van der Waals surface area contributed by atoms with Gasteiger partial charge in [0.25, 0.3) is 0 Å². The molecule has 0 bridgehead atoms. The second-order valence-corrected chi connectivity index (χ2v) is 8.25. The van der Waals surface area contributed by atoms with Gasteiger partial charge in [-0.05, 0) is 72.5 Å². The van der Waals surface area contributed by atoms with Crippen molar-refractivity contribution in [1.82, 2.24) is 5.32 Å². The van der Waals surface area contributed by atoms with Gasteiger partial charge in [-0.2, -0.15) is 0 Å². The van der Waals surface area contributed by atoms with Crippen molar-refractivity contribution in [3.63, 3.8) is 0 Å². The Morgan fingerprint density at radius 3 is 2.42 bits per heavy atom. The lowest BCUT2D eigenvalue weighted by molar-refractivity contribution is 0.358. The number of benzene rings is 3. The number of methoxy groups -OCH3 is 1. The van der Waals surface area contributed by atoms with Crippen LogP contribution in [-0.2, 0) is 6.54 Å². The molecule has 1 fully saturated rings. The minimum atomic E-state index is -0.820. The van der Waals surface area contributed by atoms with E-state index in [0.29, 0.717) is 11.6 Å². The average molecular weight is 443 g/mol. The first-order valence-corrected chi connectivity index (χ1v) is 10.7. The third-order valence-electron chi connectivity index (χ3n) is 5.84. The number of rotatable bonds is 6. The highest BCUT2D eigenvalue weighted by atomic mass is 35.5. The molecule has 0 spiro atoms. The van der Waals surface area contributed by atoms with E-state index in [4.69, 9.17) is 16.3 Å². The van der Waals surface area contributed by atoms with Crippen LogP contribution < -0.4 is 15.0 Å². The monoisotopic (exact) mass is 442 g/mol. The van der Waals surface area contributed by atoms with E-state index in [1.54, 1.807) is 13.2 Å².